The lowest BCUT2D eigenvalue weighted by Gasteiger charge is -2.08. The minimum atomic E-state index is -0.102. The van der Waals surface area contributed by atoms with E-state index in [0.717, 1.165) is 15.9 Å². The van der Waals surface area contributed by atoms with Gasteiger partial charge in [0.25, 0.3) is 0 Å². The largest absolute Gasteiger partial charge is 0.383 e. The van der Waals surface area contributed by atoms with Gasteiger partial charge in [0, 0.05) is 30.3 Å². The molecule has 0 unspecified atom stereocenters. The molecule has 2 heterocycles. The number of ether oxygens (including phenoxy) is 1. The normalized spacial score (nSPS) is 11.3. The van der Waals surface area contributed by atoms with Gasteiger partial charge in [0.05, 0.1) is 22.2 Å². The van der Waals surface area contributed by atoms with Gasteiger partial charge in [-0.05, 0) is 30.5 Å². The molecule has 120 valence electrons. The van der Waals surface area contributed by atoms with E-state index in [2.05, 4.69) is 4.57 Å². The number of nitrogens with zero attached hydrogens (tertiary/aromatic N) is 1. The molecule has 0 saturated carbocycles. The van der Waals surface area contributed by atoms with Gasteiger partial charge in [-0.3, -0.25) is 4.79 Å². The fourth-order valence-corrected chi connectivity index (χ4v) is 4.11. The summed E-state index contributed by atoms with van der Waals surface area (Å²) < 4.78 is 7.30. The van der Waals surface area contributed by atoms with Crippen molar-refractivity contribution in [3.05, 3.63) is 56.5 Å². The van der Waals surface area contributed by atoms with Gasteiger partial charge in [-0.15, -0.1) is 11.3 Å². The van der Waals surface area contributed by atoms with Crippen LogP contribution in [0.3, 0.4) is 0 Å². The van der Waals surface area contributed by atoms with Crippen LogP contribution in [0.15, 0.2) is 29.6 Å². The monoisotopic (exact) mass is 367 g/mol. The van der Waals surface area contributed by atoms with E-state index in [0.29, 0.717) is 34.3 Å². The van der Waals surface area contributed by atoms with Crippen molar-refractivity contribution in [1.82, 2.24) is 4.57 Å². The number of carbonyl (C=O) groups is 1. The van der Waals surface area contributed by atoms with E-state index >= 15 is 0 Å². The first kappa shape index (κ1) is 16.5. The molecule has 0 aliphatic carbocycles. The minimum Gasteiger partial charge on any atom is -0.383 e. The summed E-state index contributed by atoms with van der Waals surface area (Å²) in [6.45, 7) is 3.25. The maximum atomic E-state index is 13.1. The average molecular weight is 368 g/mol. The van der Waals surface area contributed by atoms with Crippen LogP contribution in [0.1, 0.15) is 21.6 Å². The van der Waals surface area contributed by atoms with Crippen molar-refractivity contribution in [3.63, 3.8) is 0 Å². The summed E-state index contributed by atoms with van der Waals surface area (Å²) in [5.41, 5.74) is 2.03. The van der Waals surface area contributed by atoms with Gasteiger partial charge in [-0.25, -0.2) is 0 Å². The fraction of sp³-hybridized carbons (Fsp3) is 0.235. The van der Waals surface area contributed by atoms with E-state index in [4.69, 9.17) is 27.9 Å². The molecule has 0 N–H and O–H groups in total. The van der Waals surface area contributed by atoms with E-state index in [1.807, 2.05) is 18.4 Å². The van der Waals surface area contributed by atoms with Crippen molar-refractivity contribution >= 4 is 50.5 Å². The predicted molar refractivity (Wildman–Crippen MR) is 96.3 cm³/mol. The standard InChI is InChI=1S/C17H15Cl2NO2S/c1-10-14(16(21)12-4-3-5-13(18)15(12)19)11-6-9-23-17(11)20(10)7-8-22-2/h3-6,9H,7-8H2,1-2H3. The van der Waals surface area contributed by atoms with E-state index in [1.54, 1.807) is 36.6 Å². The number of fused-ring (bicyclic) bond motifs is 1. The molecule has 6 heteroatoms. The van der Waals surface area contributed by atoms with Crippen molar-refractivity contribution in [2.75, 3.05) is 13.7 Å². The molecule has 0 fully saturated rings. The van der Waals surface area contributed by atoms with Crippen LogP contribution < -0.4 is 0 Å². The second-order valence-corrected chi connectivity index (χ2v) is 6.85. The molecule has 0 spiro atoms. The predicted octanol–water partition coefficient (Wildman–Crippen LogP) is 5.20. The van der Waals surface area contributed by atoms with Crippen LogP contribution in [-0.2, 0) is 11.3 Å². The van der Waals surface area contributed by atoms with Crippen molar-refractivity contribution < 1.29 is 9.53 Å². The first-order chi connectivity index (χ1) is 11.1. The zero-order chi connectivity index (χ0) is 16.6. The molecule has 3 aromatic rings. The molecule has 0 saturated heterocycles. The molecule has 2 aromatic heterocycles. The summed E-state index contributed by atoms with van der Waals surface area (Å²) >= 11 is 13.9. The van der Waals surface area contributed by atoms with Gasteiger partial charge in [-0.1, -0.05) is 29.3 Å². The Morgan fingerprint density at radius 3 is 2.83 bits per heavy atom. The first-order valence-electron chi connectivity index (χ1n) is 7.10. The number of thiophene rings is 1. The molecule has 0 radical (unpaired) electrons. The fourth-order valence-electron chi connectivity index (χ4n) is 2.74. The lowest BCUT2D eigenvalue weighted by molar-refractivity contribution is 0.103. The highest BCUT2D eigenvalue weighted by Crippen LogP contribution is 2.34. The summed E-state index contributed by atoms with van der Waals surface area (Å²) in [4.78, 5) is 14.1. The van der Waals surface area contributed by atoms with Gasteiger partial charge < -0.3 is 9.30 Å². The van der Waals surface area contributed by atoms with Gasteiger partial charge in [0.1, 0.15) is 4.83 Å². The molecule has 1 aromatic carbocycles. The molecule has 3 rings (SSSR count). The number of aromatic nitrogens is 1. The quantitative estimate of drug-likeness (QED) is 0.580. The number of rotatable bonds is 5. The van der Waals surface area contributed by atoms with E-state index in [1.165, 1.54) is 0 Å². The van der Waals surface area contributed by atoms with Crippen LogP contribution in [0, 0.1) is 6.92 Å². The van der Waals surface area contributed by atoms with Crippen LogP contribution in [0.5, 0.6) is 0 Å². The molecule has 3 nitrogen and oxygen atoms in total. The molecular formula is C17H15Cl2NO2S. The molecule has 23 heavy (non-hydrogen) atoms. The minimum absolute atomic E-state index is 0.102. The Morgan fingerprint density at radius 1 is 1.30 bits per heavy atom. The summed E-state index contributed by atoms with van der Waals surface area (Å²) in [7, 11) is 1.67. The second-order valence-electron chi connectivity index (χ2n) is 5.17. The smallest absolute Gasteiger partial charge is 0.197 e. The maximum Gasteiger partial charge on any atom is 0.197 e. The Balaban J connectivity index is 2.16. The lowest BCUT2D eigenvalue weighted by Crippen LogP contribution is -2.08. The summed E-state index contributed by atoms with van der Waals surface area (Å²) in [6.07, 6.45) is 0. The Labute approximate surface area is 148 Å². The Hall–Kier alpha value is -1.33. The highest BCUT2D eigenvalue weighted by atomic mass is 35.5. The Bertz CT molecular complexity index is 882. The summed E-state index contributed by atoms with van der Waals surface area (Å²) in [5.74, 6) is -0.102. The third-order valence-corrected chi connectivity index (χ3v) is 5.62. The van der Waals surface area contributed by atoms with Crippen molar-refractivity contribution in [2.45, 2.75) is 13.5 Å². The highest BCUT2D eigenvalue weighted by molar-refractivity contribution is 7.16. The third-order valence-electron chi connectivity index (χ3n) is 3.87. The third kappa shape index (κ3) is 2.81. The van der Waals surface area contributed by atoms with Gasteiger partial charge in [0.2, 0.25) is 0 Å². The van der Waals surface area contributed by atoms with Crippen molar-refractivity contribution in [2.24, 2.45) is 0 Å². The Morgan fingerprint density at radius 2 is 2.09 bits per heavy atom. The molecule has 0 aliphatic rings. The van der Waals surface area contributed by atoms with Crippen LogP contribution in [-0.4, -0.2) is 24.1 Å². The maximum absolute atomic E-state index is 13.1. The second kappa shape index (κ2) is 6.65. The highest BCUT2D eigenvalue weighted by Gasteiger charge is 2.23. The number of benzene rings is 1. The van der Waals surface area contributed by atoms with Gasteiger partial charge in [0.15, 0.2) is 5.78 Å². The number of methoxy groups -OCH3 is 1. The molecule has 0 amide bonds. The molecule has 0 bridgehead atoms. The molecular weight excluding hydrogens is 353 g/mol. The number of carbonyl (C=O) groups excluding carboxylic acids is 1. The summed E-state index contributed by atoms with van der Waals surface area (Å²) in [5, 5.41) is 3.62. The zero-order valence-corrected chi connectivity index (χ0v) is 15.1. The number of hydrogen-bond donors (Lipinski definition) is 0. The van der Waals surface area contributed by atoms with Crippen LogP contribution in [0.4, 0.5) is 0 Å². The molecule has 0 aliphatic heterocycles. The number of hydrogen-bond acceptors (Lipinski definition) is 3. The topological polar surface area (TPSA) is 31.2 Å². The van der Waals surface area contributed by atoms with E-state index in [-0.39, 0.29) is 5.78 Å². The van der Waals surface area contributed by atoms with Gasteiger partial charge >= 0.3 is 0 Å². The summed E-state index contributed by atoms with van der Waals surface area (Å²) in [6, 6.07) is 7.10. The van der Waals surface area contributed by atoms with E-state index in [9.17, 15) is 4.79 Å². The van der Waals surface area contributed by atoms with Crippen LogP contribution in [0.2, 0.25) is 10.0 Å². The van der Waals surface area contributed by atoms with Crippen molar-refractivity contribution in [1.29, 1.82) is 0 Å². The SMILES string of the molecule is COCCn1c(C)c(C(=O)c2cccc(Cl)c2Cl)c2ccsc21. The van der Waals surface area contributed by atoms with Crippen LogP contribution in [0.25, 0.3) is 10.2 Å². The first-order valence-corrected chi connectivity index (χ1v) is 8.73. The average Bonchev–Trinajstić information content (AvgIpc) is 3.08. The number of ketones is 1. The molecule has 0 atom stereocenters. The lowest BCUT2D eigenvalue weighted by atomic mass is 10.0. The van der Waals surface area contributed by atoms with E-state index < -0.39 is 0 Å². The van der Waals surface area contributed by atoms with Crippen molar-refractivity contribution in [3.8, 4) is 0 Å². The van der Waals surface area contributed by atoms with Gasteiger partial charge in [-0.2, -0.15) is 0 Å². The zero-order valence-electron chi connectivity index (χ0n) is 12.7. The number of halogens is 2. The Kier molecular flexibility index (Phi) is 4.78. The van der Waals surface area contributed by atoms with Crippen LogP contribution >= 0.6 is 34.5 Å².